The largest absolute Gasteiger partial charge is 0.477 e. The molecule has 2 aromatic rings. The topological polar surface area (TPSA) is 124 Å². The summed E-state index contributed by atoms with van der Waals surface area (Å²) in [7, 11) is 2.04. The molecule has 4 rings (SSSR count). The number of benzene rings is 1. The van der Waals surface area contributed by atoms with E-state index in [1.807, 2.05) is 7.05 Å². The predicted octanol–water partition coefficient (Wildman–Crippen LogP) is 1.28. The highest BCUT2D eigenvalue weighted by Crippen LogP contribution is 2.27. The highest BCUT2D eigenvalue weighted by molar-refractivity contribution is 5.95. The van der Waals surface area contributed by atoms with E-state index in [0.29, 0.717) is 42.3 Å². The number of anilines is 2. The first kappa shape index (κ1) is 24.7. The molecule has 1 aromatic heterocycles. The molecule has 2 fully saturated rings. The van der Waals surface area contributed by atoms with Gasteiger partial charge in [-0.1, -0.05) is 6.42 Å². The molecular weight excluding hydrogens is 448 g/mol. The molecule has 0 spiro atoms. The van der Waals surface area contributed by atoms with Crippen LogP contribution in [0.25, 0.3) is 5.69 Å². The number of amides is 1. The maximum Gasteiger partial charge on any atom is 0.343 e. The zero-order valence-electron chi connectivity index (χ0n) is 20.2. The van der Waals surface area contributed by atoms with Crippen LogP contribution in [0.5, 0.6) is 0 Å². The van der Waals surface area contributed by atoms with Gasteiger partial charge in [-0.3, -0.25) is 14.2 Å². The highest BCUT2D eigenvalue weighted by Gasteiger charge is 2.23. The van der Waals surface area contributed by atoms with E-state index in [1.54, 1.807) is 30.5 Å². The van der Waals surface area contributed by atoms with Crippen LogP contribution in [0.4, 0.5) is 11.4 Å². The van der Waals surface area contributed by atoms with Gasteiger partial charge in [0, 0.05) is 51.0 Å². The Balaban J connectivity index is 1.66. The minimum absolute atomic E-state index is 0.297. The van der Waals surface area contributed by atoms with Crippen LogP contribution < -0.4 is 21.5 Å². The first-order valence-corrected chi connectivity index (χ1v) is 12.2. The van der Waals surface area contributed by atoms with Gasteiger partial charge in [-0.25, -0.2) is 4.79 Å². The van der Waals surface area contributed by atoms with Crippen LogP contribution in [0.2, 0.25) is 0 Å². The number of likely N-dealkylation sites (N-methyl/N-ethyl adjacent to an activating group) is 1. The van der Waals surface area contributed by atoms with E-state index in [0.717, 1.165) is 32.7 Å². The van der Waals surface area contributed by atoms with Gasteiger partial charge in [0.15, 0.2) is 0 Å². The summed E-state index contributed by atoms with van der Waals surface area (Å²) >= 11 is 0. The lowest BCUT2D eigenvalue weighted by molar-refractivity contribution is 0.0695. The molecule has 35 heavy (non-hydrogen) atoms. The summed E-state index contributed by atoms with van der Waals surface area (Å²) in [5.74, 6) is -1.83. The number of nitrogens with zero attached hydrogens (tertiary/aromatic N) is 4. The molecule has 10 nitrogen and oxygen atoms in total. The number of hydrogen-bond acceptors (Lipinski definition) is 7. The molecule has 0 unspecified atom stereocenters. The monoisotopic (exact) mass is 482 g/mol. The molecule has 0 atom stereocenters. The lowest BCUT2D eigenvalue weighted by Gasteiger charge is -2.35. The van der Waals surface area contributed by atoms with E-state index in [2.05, 4.69) is 20.0 Å². The fourth-order valence-corrected chi connectivity index (χ4v) is 4.79. The third-order valence-electron chi connectivity index (χ3n) is 6.86. The molecule has 1 aromatic carbocycles. The number of likely N-dealkylation sites (tertiary alicyclic amines) is 1. The second-order valence-corrected chi connectivity index (χ2v) is 9.27. The van der Waals surface area contributed by atoms with Crippen LogP contribution in [0, 0.1) is 0 Å². The van der Waals surface area contributed by atoms with Crippen molar-refractivity contribution in [3.63, 3.8) is 0 Å². The van der Waals surface area contributed by atoms with E-state index in [1.165, 1.54) is 23.8 Å². The van der Waals surface area contributed by atoms with Crippen molar-refractivity contribution in [3.05, 3.63) is 51.9 Å². The van der Waals surface area contributed by atoms with Crippen molar-refractivity contribution < 1.29 is 14.7 Å². The third-order valence-corrected chi connectivity index (χ3v) is 6.86. The Morgan fingerprint density at radius 3 is 2.37 bits per heavy atom. The Morgan fingerprint density at radius 2 is 1.71 bits per heavy atom. The summed E-state index contributed by atoms with van der Waals surface area (Å²) in [4.78, 5) is 44.0. The lowest BCUT2D eigenvalue weighted by atomic mass is 10.1. The van der Waals surface area contributed by atoms with Gasteiger partial charge in [0.25, 0.3) is 5.56 Å². The SMILES string of the molecule is CN1CCN(c2cc(C(N)=O)ccc2-n2ccc(NCCN3CCCCC3)c(C(=O)O)c2=O)CC1. The van der Waals surface area contributed by atoms with Crippen molar-refractivity contribution in [3.8, 4) is 5.69 Å². The number of pyridine rings is 1. The smallest absolute Gasteiger partial charge is 0.343 e. The van der Waals surface area contributed by atoms with E-state index in [-0.39, 0.29) is 5.56 Å². The van der Waals surface area contributed by atoms with E-state index in [4.69, 9.17) is 5.73 Å². The molecule has 10 heteroatoms. The highest BCUT2D eigenvalue weighted by atomic mass is 16.4. The molecule has 188 valence electrons. The van der Waals surface area contributed by atoms with Crippen LogP contribution in [-0.4, -0.2) is 90.8 Å². The molecule has 0 aliphatic carbocycles. The Morgan fingerprint density at radius 1 is 1.00 bits per heavy atom. The van der Waals surface area contributed by atoms with Gasteiger partial charge in [0.05, 0.1) is 17.1 Å². The first-order chi connectivity index (χ1) is 16.8. The normalized spacial score (nSPS) is 17.3. The second kappa shape index (κ2) is 10.9. The Bertz CT molecular complexity index is 1130. The van der Waals surface area contributed by atoms with Crippen molar-refractivity contribution in [2.75, 3.05) is 69.6 Å². The fraction of sp³-hybridized carbons (Fsp3) is 0.480. The van der Waals surface area contributed by atoms with Crippen molar-refractivity contribution in [1.29, 1.82) is 0 Å². The summed E-state index contributed by atoms with van der Waals surface area (Å²) in [5.41, 5.74) is 6.44. The zero-order chi connectivity index (χ0) is 24.9. The summed E-state index contributed by atoms with van der Waals surface area (Å²) in [6.45, 7) is 6.53. The van der Waals surface area contributed by atoms with Gasteiger partial charge in [0.2, 0.25) is 5.91 Å². The molecule has 4 N–H and O–H groups in total. The minimum atomic E-state index is -1.28. The van der Waals surface area contributed by atoms with Crippen molar-refractivity contribution in [2.24, 2.45) is 5.73 Å². The van der Waals surface area contributed by atoms with Gasteiger partial charge < -0.3 is 30.9 Å². The molecule has 0 saturated carbocycles. The maximum atomic E-state index is 13.4. The fourth-order valence-electron chi connectivity index (χ4n) is 4.79. The second-order valence-electron chi connectivity index (χ2n) is 9.27. The number of primary amides is 1. The minimum Gasteiger partial charge on any atom is -0.477 e. The number of piperazine rings is 1. The van der Waals surface area contributed by atoms with Crippen molar-refractivity contribution >= 4 is 23.3 Å². The third kappa shape index (κ3) is 5.66. The van der Waals surface area contributed by atoms with Crippen LogP contribution in [-0.2, 0) is 0 Å². The number of carbonyl (C=O) groups is 2. The summed E-state index contributed by atoms with van der Waals surface area (Å²) in [6, 6.07) is 6.54. The summed E-state index contributed by atoms with van der Waals surface area (Å²) in [5, 5.41) is 13.0. The van der Waals surface area contributed by atoms with Gasteiger partial charge >= 0.3 is 5.97 Å². The number of carbonyl (C=O) groups excluding carboxylic acids is 1. The standard InChI is InChI=1S/C25H34N6O4/c1-28-13-15-30(16-14-28)21-17-18(23(26)32)5-6-20(21)31-11-7-19(22(24(31)33)25(34)35)27-8-12-29-9-3-2-4-10-29/h5-7,11,17,27H,2-4,8-10,12-16H2,1H3,(H2,26,32)(H,34,35). The number of nitrogens with two attached hydrogens (primary N) is 1. The molecule has 2 aliphatic heterocycles. The number of piperidine rings is 1. The quantitative estimate of drug-likeness (QED) is 0.514. The van der Waals surface area contributed by atoms with E-state index in [9.17, 15) is 19.5 Å². The van der Waals surface area contributed by atoms with Gasteiger partial charge in [-0.2, -0.15) is 0 Å². The average Bonchev–Trinajstić information content (AvgIpc) is 2.85. The van der Waals surface area contributed by atoms with Crippen molar-refractivity contribution in [2.45, 2.75) is 19.3 Å². The molecule has 3 heterocycles. The number of carboxylic acid groups (broad SMARTS) is 1. The molecule has 2 saturated heterocycles. The van der Waals surface area contributed by atoms with Gasteiger partial charge in [-0.15, -0.1) is 0 Å². The number of carboxylic acids is 1. The van der Waals surface area contributed by atoms with E-state index < -0.39 is 17.4 Å². The Hall–Kier alpha value is -3.37. The summed E-state index contributed by atoms with van der Waals surface area (Å²) < 4.78 is 1.34. The number of nitrogens with one attached hydrogen (secondary N) is 1. The molecule has 2 aliphatic rings. The number of aromatic carboxylic acids is 1. The van der Waals surface area contributed by atoms with E-state index >= 15 is 0 Å². The molecule has 0 bridgehead atoms. The number of hydrogen-bond donors (Lipinski definition) is 3. The lowest BCUT2D eigenvalue weighted by Crippen LogP contribution is -2.45. The summed E-state index contributed by atoms with van der Waals surface area (Å²) in [6.07, 6.45) is 5.21. The number of aromatic nitrogens is 1. The molecular formula is C25H34N6O4. The Labute approximate surface area is 204 Å². The zero-order valence-corrected chi connectivity index (χ0v) is 20.2. The number of rotatable bonds is 8. The van der Waals surface area contributed by atoms with Crippen LogP contribution in [0.1, 0.15) is 40.0 Å². The van der Waals surface area contributed by atoms with Crippen LogP contribution in [0.15, 0.2) is 35.3 Å². The van der Waals surface area contributed by atoms with Gasteiger partial charge in [0.1, 0.15) is 5.56 Å². The first-order valence-electron chi connectivity index (χ1n) is 12.2. The maximum absolute atomic E-state index is 13.4. The average molecular weight is 483 g/mol. The Kier molecular flexibility index (Phi) is 7.72. The molecule has 0 radical (unpaired) electrons. The van der Waals surface area contributed by atoms with Crippen molar-refractivity contribution in [1.82, 2.24) is 14.4 Å². The van der Waals surface area contributed by atoms with Crippen LogP contribution >= 0.6 is 0 Å². The van der Waals surface area contributed by atoms with Crippen LogP contribution in [0.3, 0.4) is 0 Å². The molecule has 1 amide bonds. The van der Waals surface area contributed by atoms with Gasteiger partial charge in [-0.05, 0) is 57.2 Å². The predicted molar refractivity (Wildman–Crippen MR) is 136 cm³/mol.